The summed E-state index contributed by atoms with van der Waals surface area (Å²) in [6.45, 7) is 4.73. The summed E-state index contributed by atoms with van der Waals surface area (Å²) in [7, 11) is 0. The van der Waals surface area contributed by atoms with Gasteiger partial charge in [-0.2, -0.15) is 0 Å². The third-order valence-electron chi connectivity index (χ3n) is 6.37. The molecule has 148 valence electrons. The number of halogens is 1. The fourth-order valence-electron chi connectivity index (χ4n) is 4.48. The van der Waals surface area contributed by atoms with Crippen LogP contribution in [0.3, 0.4) is 0 Å². The van der Waals surface area contributed by atoms with Gasteiger partial charge in [0.1, 0.15) is 5.82 Å². The van der Waals surface area contributed by atoms with Crippen LogP contribution in [0.1, 0.15) is 75.5 Å². The molecule has 1 aliphatic carbocycles. The molecule has 1 heteroatoms. The van der Waals surface area contributed by atoms with Gasteiger partial charge in [-0.25, -0.2) is 4.39 Å². The van der Waals surface area contributed by atoms with Crippen molar-refractivity contribution in [2.45, 2.75) is 65.2 Å². The quantitative estimate of drug-likeness (QED) is 0.461. The Kier molecular flexibility index (Phi) is 7.72. The first-order valence-electron chi connectivity index (χ1n) is 11.0. The lowest BCUT2D eigenvalue weighted by Gasteiger charge is -2.32. The lowest BCUT2D eigenvalue weighted by atomic mass is 9.73. The molecule has 0 amide bonds. The molecule has 0 saturated heterocycles. The van der Waals surface area contributed by atoms with E-state index < -0.39 is 0 Å². The average Bonchev–Trinajstić information content (AvgIpc) is 2.73. The van der Waals surface area contributed by atoms with Gasteiger partial charge in [0.05, 0.1) is 0 Å². The molecule has 1 fully saturated rings. The molecule has 0 nitrogen and oxygen atoms in total. The highest BCUT2D eigenvalue weighted by atomic mass is 19.1. The SMILES string of the molecule is CCCCC1CCC(C(C)Cc2ccc(C#Cc3ccc(F)cc3)cc2)CC1. The smallest absolute Gasteiger partial charge is 0.123 e. The van der Waals surface area contributed by atoms with E-state index in [0.717, 1.165) is 35.3 Å². The average molecular weight is 377 g/mol. The summed E-state index contributed by atoms with van der Waals surface area (Å²) >= 11 is 0. The van der Waals surface area contributed by atoms with Crippen molar-refractivity contribution in [3.63, 3.8) is 0 Å². The topological polar surface area (TPSA) is 0 Å². The zero-order valence-electron chi connectivity index (χ0n) is 17.4. The number of unbranched alkanes of at least 4 members (excludes halogenated alkanes) is 1. The molecule has 1 unspecified atom stereocenters. The Bertz CT molecular complexity index is 768. The molecule has 1 atom stereocenters. The lowest BCUT2D eigenvalue weighted by molar-refractivity contribution is 0.205. The van der Waals surface area contributed by atoms with Gasteiger partial charge in [-0.15, -0.1) is 0 Å². The van der Waals surface area contributed by atoms with Gasteiger partial charge in [0.15, 0.2) is 0 Å². The maximum Gasteiger partial charge on any atom is 0.123 e. The van der Waals surface area contributed by atoms with Crippen molar-refractivity contribution in [3.8, 4) is 11.8 Å². The number of hydrogen-bond acceptors (Lipinski definition) is 0. The van der Waals surface area contributed by atoms with Crippen LogP contribution >= 0.6 is 0 Å². The summed E-state index contributed by atoms with van der Waals surface area (Å²) in [6, 6.07) is 15.0. The minimum atomic E-state index is -0.224. The van der Waals surface area contributed by atoms with Crippen LogP contribution in [0, 0.1) is 35.4 Å². The van der Waals surface area contributed by atoms with E-state index in [1.54, 1.807) is 12.1 Å². The summed E-state index contributed by atoms with van der Waals surface area (Å²) in [4.78, 5) is 0. The summed E-state index contributed by atoms with van der Waals surface area (Å²) in [5.74, 6) is 8.68. The van der Waals surface area contributed by atoms with Gasteiger partial charge < -0.3 is 0 Å². The minimum Gasteiger partial charge on any atom is -0.207 e. The van der Waals surface area contributed by atoms with E-state index in [1.165, 1.54) is 62.6 Å². The van der Waals surface area contributed by atoms with Crippen LogP contribution in [-0.4, -0.2) is 0 Å². The first kappa shape index (κ1) is 20.7. The molecule has 0 aliphatic heterocycles. The van der Waals surface area contributed by atoms with E-state index in [2.05, 4.69) is 50.0 Å². The molecule has 0 heterocycles. The first-order chi connectivity index (χ1) is 13.6. The molecule has 0 spiro atoms. The molecule has 1 aliphatic rings. The maximum atomic E-state index is 13.0. The molecular weight excluding hydrogens is 343 g/mol. The minimum absolute atomic E-state index is 0.224. The zero-order valence-corrected chi connectivity index (χ0v) is 17.4. The van der Waals surface area contributed by atoms with Gasteiger partial charge in [-0.1, -0.05) is 69.9 Å². The Balaban J connectivity index is 1.50. The van der Waals surface area contributed by atoms with Gasteiger partial charge in [-0.3, -0.25) is 0 Å². The molecule has 0 aromatic heterocycles. The predicted octanol–water partition coefficient (Wildman–Crippen LogP) is 7.40. The summed E-state index contributed by atoms with van der Waals surface area (Å²) in [5.41, 5.74) is 3.26. The second-order valence-corrected chi connectivity index (χ2v) is 8.56. The van der Waals surface area contributed by atoms with Crippen molar-refractivity contribution in [1.29, 1.82) is 0 Å². The Morgan fingerprint density at radius 3 is 2.04 bits per heavy atom. The predicted molar refractivity (Wildman–Crippen MR) is 117 cm³/mol. The molecule has 0 bridgehead atoms. The third kappa shape index (κ3) is 6.23. The van der Waals surface area contributed by atoms with Crippen LogP contribution in [0.5, 0.6) is 0 Å². The molecule has 2 aromatic carbocycles. The van der Waals surface area contributed by atoms with E-state index in [4.69, 9.17) is 0 Å². The Morgan fingerprint density at radius 1 is 0.893 bits per heavy atom. The van der Waals surface area contributed by atoms with Gasteiger partial charge in [0.2, 0.25) is 0 Å². The van der Waals surface area contributed by atoms with E-state index in [-0.39, 0.29) is 5.82 Å². The van der Waals surface area contributed by atoms with Crippen LogP contribution < -0.4 is 0 Å². The maximum absolute atomic E-state index is 13.0. The molecule has 2 aromatic rings. The molecule has 0 radical (unpaired) electrons. The normalized spacial score (nSPS) is 20.2. The van der Waals surface area contributed by atoms with Crippen molar-refractivity contribution < 1.29 is 4.39 Å². The second-order valence-electron chi connectivity index (χ2n) is 8.56. The van der Waals surface area contributed by atoms with Crippen LogP contribution in [0.4, 0.5) is 4.39 Å². The van der Waals surface area contributed by atoms with Crippen LogP contribution in [0.15, 0.2) is 48.5 Å². The zero-order chi connectivity index (χ0) is 19.8. The third-order valence-corrected chi connectivity index (χ3v) is 6.37. The number of rotatable bonds is 6. The second kappa shape index (κ2) is 10.5. The largest absolute Gasteiger partial charge is 0.207 e. The van der Waals surface area contributed by atoms with E-state index >= 15 is 0 Å². The lowest BCUT2D eigenvalue weighted by Crippen LogP contribution is -2.21. The van der Waals surface area contributed by atoms with Crippen LogP contribution in [-0.2, 0) is 6.42 Å². The van der Waals surface area contributed by atoms with Gasteiger partial charge in [-0.05, 0) is 79.0 Å². The van der Waals surface area contributed by atoms with Crippen molar-refractivity contribution in [1.82, 2.24) is 0 Å². The molecule has 0 N–H and O–H groups in total. The van der Waals surface area contributed by atoms with Gasteiger partial charge in [0, 0.05) is 11.1 Å². The number of hydrogen-bond donors (Lipinski definition) is 0. The van der Waals surface area contributed by atoms with Crippen LogP contribution in [0.25, 0.3) is 0 Å². The highest BCUT2D eigenvalue weighted by Gasteiger charge is 2.24. The molecule has 3 rings (SSSR count). The van der Waals surface area contributed by atoms with Gasteiger partial charge in [0.25, 0.3) is 0 Å². The van der Waals surface area contributed by atoms with E-state index in [0.29, 0.717) is 0 Å². The first-order valence-corrected chi connectivity index (χ1v) is 11.0. The summed E-state index contributed by atoms with van der Waals surface area (Å²) in [5, 5.41) is 0. The van der Waals surface area contributed by atoms with Crippen molar-refractivity contribution in [2.75, 3.05) is 0 Å². The highest BCUT2D eigenvalue weighted by Crippen LogP contribution is 2.36. The fraction of sp³-hybridized carbons (Fsp3) is 0.481. The Hall–Kier alpha value is -2.07. The standard InChI is InChI=1S/C27H33F/c1-3-4-5-22-12-16-26(17-13-22)21(2)20-25-10-8-23(9-11-25)6-7-24-14-18-27(28)19-15-24/h8-11,14-15,18-19,21-22,26H,3-5,12-13,16-17,20H2,1-2H3. The highest BCUT2D eigenvalue weighted by molar-refractivity contribution is 5.43. The van der Waals surface area contributed by atoms with E-state index in [1.807, 2.05) is 0 Å². The Labute approximate surface area is 170 Å². The molecule has 1 saturated carbocycles. The monoisotopic (exact) mass is 376 g/mol. The van der Waals surface area contributed by atoms with Crippen molar-refractivity contribution in [3.05, 3.63) is 71.0 Å². The van der Waals surface area contributed by atoms with Crippen LogP contribution in [0.2, 0.25) is 0 Å². The Morgan fingerprint density at radius 2 is 1.46 bits per heavy atom. The molecular formula is C27H33F. The van der Waals surface area contributed by atoms with Gasteiger partial charge >= 0.3 is 0 Å². The number of benzene rings is 2. The van der Waals surface area contributed by atoms with Crippen molar-refractivity contribution in [2.24, 2.45) is 17.8 Å². The summed E-state index contributed by atoms with van der Waals surface area (Å²) in [6.07, 6.45) is 11.0. The van der Waals surface area contributed by atoms with E-state index in [9.17, 15) is 4.39 Å². The van der Waals surface area contributed by atoms with Crippen molar-refractivity contribution >= 4 is 0 Å². The molecule has 28 heavy (non-hydrogen) atoms. The summed E-state index contributed by atoms with van der Waals surface area (Å²) < 4.78 is 13.0. The fourth-order valence-corrected chi connectivity index (χ4v) is 4.48.